The van der Waals surface area contributed by atoms with E-state index in [4.69, 9.17) is 0 Å². The van der Waals surface area contributed by atoms with Gasteiger partial charge in [-0.2, -0.15) is 30.7 Å². The fourth-order valence-corrected chi connectivity index (χ4v) is 1.75. The van der Waals surface area contributed by atoms with Crippen molar-refractivity contribution in [1.82, 2.24) is 0 Å². The molecule has 2 nitrogen and oxygen atoms in total. The van der Waals surface area contributed by atoms with E-state index in [-0.39, 0.29) is 0 Å². The summed E-state index contributed by atoms with van der Waals surface area (Å²) in [5.41, 5.74) is -2.67. The Kier molecular flexibility index (Phi) is 4.34. The molecule has 0 spiro atoms. The molecular weight excluding hydrogens is 352 g/mol. The number of hydrogen-bond acceptors (Lipinski definition) is 1. The number of ether oxygens (including phenoxy) is 1. The monoisotopic (exact) mass is 357 g/mol. The SMILES string of the molecule is [O]c1c(F)c(F)c(F)c(Oc2ccccc2)c1C(F)(F)C(F)(F)F. The van der Waals surface area contributed by atoms with Gasteiger partial charge >= 0.3 is 12.1 Å². The summed E-state index contributed by atoms with van der Waals surface area (Å²) in [6.07, 6.45) is -6.36. The Morgan fingerprint density at radius 1 is 0.792 bits per heavy atom. The van der Waals surface area contributed by atoms with Crippen LogP contribution in [0, 0.1) is 17.5 Å². The van der Waals surface area contributed by atoms with E-state index in [1.165, 1.54) is 18.2 Å². The van der Waals surface area contributed by atoms with Crippen molar-refractivity contribution < 1.29 is 45.0 Å². The molecule has 0 aliphatic carbocycles. The van der Waals surface area contributed by atoms with E-state index in [0.29, 0.717) is 0 Å². The quantitative estimate of drug-likeness (QED) is 0.512. The Hall–Kier alpha value is -2.52. The Morgan fingerprint density at radius 2 is 1.33 bits per heavy atom. The largest absolute Gasteiger partial charge is 0.458 e. The lowest BCUT2D eigenvalue weighted by molar-refractivity contribution is -0.290. The number of para-hydroxylation sites is 1. The van der Waals surface area contributed by atoms with Crippen LogP contribution in [0.15, 0.2) is 30.3 Å². The van der Waals surface area contributed by atoms with Gasteiger partial charge in [-0.05, 0) is 12.1 Å². The molecule has 129 valence electrons. The van der Waals surface area contributed by atoms with Gasteiger partial charge in [0.1, 0.15) is 11.3 Å². The third-order valence-corrected chi connectivity index (χ3v) is 2.87. The average Bonchev–Trinajstić information content (AvgIpc) is 2.50. The normalized spacial score (nSPS) is 12.3. The van der Waals surface area contributed by atoms with Crippen LogP contribution in [0.25, 0.3) is 0 Å². The minimum absolute atomic E-state index is 0.471. The molecule has 0 bridgehead atoms. The van der Waals surface area contributed by atoms with Crippen molar-refractivity contribution in [3.8, 4) is 17.2 Å². The molecule has 2 rings (SSSR count). The van der Waals surface area contributed by atoms with Gasteiger partial charge in [0, 0.05) is 0 Å². The molecule has 0 saturated heterocycles. The second kappa shape index (κ2) is 5.84. The van der Waals surface area contributed by atoms with E-state index in [0.717, 1.165) is 12.1 Å². The van der Waals surface area contributed by atoms with Gasteiger partial charge in [0.15, 0.2) is 5.75 Å². The fraction of sp³-hybridized carbons (Fsp3) is 0.143. The molecule has 0 N–H and O–H groups in total. The van der Waals surface area contributed by atoms with Gasteiger partial charge < -0.3 is 4.74 Å². The van der Waals surface area contributed by atoms with Crippen molar-refractivity contribution in [2.45, 2.75) is 12.1 Å². The summed E-state index contributed by atoms with van der Waals surface area (Å²) >= 11 is 0. The Morgan fingerprint density at radius 3 is 1.83 bits per heavy atom. The van der Waals surface area contributed by atoms with Crippen molar-refractivity contribution in [2.75, 3.05) is 0 Å². The molecule has 10 heteroatoms. The summed E-state index contributed by atoms with van der Waals surface area (Å²) in [4.78, 5) is 0. The second-order valence-corrected chi connectivity index (χ2v) is 4.46. The maximum Gasteiger partial charge on any atom is 0.458 e. The van der Waals surface area contributed by atoms with E-state index in [9.17, 15) is 40.2 Å². The number of benzene rings is 2. The number of halogens is 8. The molecule has 0 atom stereocenters. The minimum Gasteiger partial charge on any atom is -0.453 e. The van der Waals surface area contributed by atoms with Crippen LogP contribution in [-0.4, -0.2) is 6.18 Å². The second-order valence-electron chi connectivity index (χ2n) is 4.46. The lowest BCUT2D eigenvalue weighted by atomic mass is 10.0. The van der Waals surface area contributed by atoms with E-state index < -0.39 is 52.4 Å². The van der Waals surface area contributed by atoms with Crippen molar-refractivity contribution >= 4 is 0 Å². The van der Waals surface area contributed by atoms with Crippen LogP contribution in [0.2, 0.25) is 0 Å². The predicted molar refractivity (Wildman–Crippen MR) is 62.9 cm³/mol. The summed E-state index contributed by atoms with van der Waals surface area (Å²) in [7, 11) is 0. The molecule has 0 amide bonds. The molecule has 0 unspecified atom stereocenters. The third kappa shape index (κ3) is 2.83. The van der Waals surface area contributed by atoms with Crippen LogP contribution in [-0.2, 0) is 11.0 Å². The lowest BCUT2D eigenvalue weighted by Crippen LogP contribution is -2.34. The number of hydrogen-bond donors (Lipinski definition) is 0. The van der Waals surface area contributed by atoms with E-state index in [2.05, 4.69) is 4.74 Å². The zero-order valence-electron chi connectivity index (χ0n) is 11.2. The smallest absolute Gasteiger partial charge is 0.453 e. The van der Waals surface area contributed by atoms with Crippen LogP contribution in [0.1, 0.15) is 5.56 Å². The Labute approximate surface area is 128 Å². The summed E-state index contributed by atoms with van der Waals surface area (Å²) in [5.74, 6) is -18.8. The van der Waals surface area contributed by atoms with Crippen LogP contribution >= 0.6 is 0 Å². The maximum atomic E-state index is 13.7. The molecule has 2 aromatic carbocycles. The van der Waals surface area contributed by atoms with Gasteiger partial charge in [-0.1, -0.05) is 18.2 Å². The molecule has 0 fully saturated rings. The summed E-state index contributed by atoms with van der Waals surface area (Å²) < 4.78 is 109. The van der Waals surface area contributed by atoms with Gasteiger partial charge in [-0.15, -0.1) is 0 Å². The van der Waals surface area contributed by atoms with Crippen LogP contribution in [0.4, 0.5) is 35.1 Å². The minimum atomic E-state index is -6.36. The van der Waals surface area contributed by atoms with Gasteiger partial charge in [0.05, 0.1) is 0 Å². The van der Waals surface area contributed by atoms with Gasteiger partial charge in [0.2, 0.25) is 23.2 Å². The van der Waals surface area contributed by atoms with Gasteiger partial charge in [-0.3, -0.25) is 5.11 Å². The molecule has 0 aliphatic rings. The standard InChI is InChI=1S/C14H5F8O2/c15-8-9(16)11(23)7(13(18,19)14(20,21)22)12(10(8)17)24-6-4-2-1-3-5-6/h1-5H. The highest BCUT2D eigenvalue weighted by molar-refractivity contribution is 5.51. The average molecular weight is 357 g/mol. The summed E-state index contributed by atoms with van der Waals surface area (Å²) in [6.45, 7) is 0. The first-order valence-corrected chi connectivity index (χ1v) is 6.03. The predicted octanol–water partition coefficient (Wildman–Crippen LogP) is 5.69. The topological polar surface area (TPSA) is 29.1 Å². The van der Waals surface area contributed by atoms with Crippen molar-refractivity contribution in [3.63, 3.8) is 0 Å². The zero-order valence-corrected chi connectivity index (χ0v) is 11.2. The molecule has 0 aliphatic heterocycles. The fourth-order valence-electron chi connectivity index (χ4n) is 1.75. The van der Waals surface area contributed by atoms with E-state index in [1.807, 2.05) is 0 Å². The molecule has 2 aromatic rings. The molecule has 0 saturated carbocycles. The van der Waals surface area contributed by atoms with Crippen LogP contribution < -0.4 is 4.74 Å². The first-order chi connectivity index (χ1) is 11.0. The Bertz CT molecular complexity index is 756. The van der Waals surface area contributed by atoms with E-state index >= 15 is 0 Å². The molecular formula is C14H5F8O2. The van der Waals surface area contributed by atoms with Gasteiger partial charge in [-0.25, -0.2) is 4.39 Å². The summed E-state index contributed by atoms with van der Waals surface area (Å²) in [6, 6.07) is 5.92. The molecule has 0 heterocycles. The lowest BCUT2D eigenvalue weighted by Gasteiger charge is -2.23. The van der Waals surface area contributed by atoms with E-state index in [1.54, 1.807) is 0 Å². The first-order valence-electron chi connectivity index (χ1n) is 6.03. The Balaban J connectivity index is 2.77. The summed E-state index contributed by atoms with van der Waals surface area (Å²) in [5, 5.41) is 11.4. The highest BCUT2D eigenvalue weighted by atomic mass is 19.4. The molecule has 24 heavy (non-hydrogen) atoms. The van der Waals surface area contributed by atoms with Crippen molar-refractivity contribution in [2.24, 2.45) is 0 Å². The first kappa shape index (κ1) is 17.8. The van der Waals surface area contributed by atoms with Crippen LogP contribution in [0.3, 0.4) is 0 Å². The molecule has 0 aromatic heterocycles. The van der Waals surface area contributed by atoms with Gasteiger partial charge in [0.25, 0.3) is 0 Å². The highest BCUT2D eigenvalue weighted by Gasteiger charge is 2.63. The highest BCUT2D eigenvalue weighted by Crippen LogP contribution is 2.53. The van der Waals surface area contributed by atoms with Crippen molar-refractivity contribution in [1.29, 1.82) is 0 Å². The molecule has 1 radical (unpaired) electrons. The van der Waals surface area contributed by atoms with Crippen LogP contribution in [0.5, 0.6) is 17.2 Å². The zero-order chi connectivity index (χ0) is 18.3. The number of alkyl halides is 5. The maximum absolute atomic E-state index is 13.7. The number of rotatable bonds is 3. The van der Waals surface area contributed by atoms with Crippen molar-refractivity contribution in [3.05, 3.63) is 53.3 Å². The third-order valence-electron chi connectivity index (χ3n) is 2.87.